The second-order valence-electron chi connectivity index (χ2n) is 8.58. The van der Waals surface area contributed by atoms with Gasteiger partial charge in [0.15, 0.2) is 0 Å². The van der Waals surface area contributed by atoms with E-state index in [-0.39, 0.29) is 23.4 Å². The Bertz CT molecular complexity index is 1470. The number of ether oxygens (including phenoxy) is 1. The van der Waals surface area contributed by atoms with Gasteiger partial charge in [-0.3, -0.25) is 9.59 Å². The molecule has 6 nitrogen and oxygen atoms in total. The minimum Gasteiger partial charge on any atom is -0.507 e. The molecule has 1 atom stereocenters. The molecule has 1 unspecified atom stereocenters. The zero-order valence-electron chi connectivity index (χ0n) is 19.7. The molecule has 1 fully saturated rings. The minimum absolute atomic E-state index is 0.131. The topological polar surface area (TPSA) is 82.6 Å². The summed E-state index contributed by atoms with van der Waals surface area (Å²) in [7, 11) is 0. The Balaban J connectivity index is 1.55. The lowest BCUT2D eigenvalue weighted by atomic mass is 9.94. The smallest absolute Gasteiger partial charge is 0.295 e. The number of H-pyrrole nitrogens is 1. The van der Waals surface area contributed by atoms with E-state index in [4.69, 9.17) is 4.74 Å². The van der Waals surface area contributed by atoms with Crippen molar-refractivity contribution in [3.05, 3.63) is 107 Å². The average molecular weight is 485 g/mol. The number of fused-ring (bicyclic) bond motifs is 1. The number of carbonyl (C=O) groups excluding carboxylic acids is 2. The zero-order chi connectivity index (χ0) is 25.2. The lowest BCUT2D eigenvalue weighted by molar-refractivity contribution is -0.139. The zero-order valence-corrected chi connectivity index (χ0v) is 19.7. The van der Waals surface area contributed by atoms with Gasteiger partial charge in [0, 0.05) is 34.8 Å². The van der Waals surface area contributed by atoms with Crippen molar-refractivity contribution < 1.29 is 23.8 Å². The molecule has 0 bridgehead atoms. The van der Waals surface area contributed by atoms with Crippen LogP contribution < -0.4 is 4.74 Å². The normalized spacial score (nSPS) is 17.2. The van der Waals surface area contributed by atoms with Gasteiger partial charge in [-0.05, 0) is 55.3 Å². The summed E-state index contributed by atoms with van der Waals surface area (Å²) in [6.07, 6.45) is 2.32. The molecule has 36 heavy (non-hydrogen) atoms. The van der Waals surface area contributed by atoms with Gasteiger partial charge in [-0.1, -0.05) is 36.4 Å². The molecule has 0 spiro atoms. The molecular weight excluding hydrogens is 459 g/mol. The number of nitrogens with zero attached hydrogens (tertiary/aromatic N) is 1. The van der Waals surface area contributed by atoms with Crippen molar-refractivity contribution in [1.82, 2.24) is 9.88 Å². The average Bonchev–Trinajstić information content (AvgIpc) is 3.42. The molecule has 182 valence electrons. The number of Topliss-reactive ketones (excluding diaryl/α,β-unsaturated/α-hetero) is 1. The fourth-order valence-corrected chi connectivity index (χ4v) is 4.74. The predicted molar refractivity (Wildman–Crippen MR) is 135 cm³/mol. The summed E-state index contributed by atoms with van der Waals surface area (Å²) >= 11 is 0. The van der Waals surface area contributed by atoms with E-state index in [1.807, 2.05) is 37.4 Å². The molecule has 1 aromatic heterocycles. The van der Waals surface area contributed by atoms with Gasteiger partial charge in [0.25, 0.3) is 11.7 Å². The van der Waals surface area contributed by atoms with Crippen LogP contribution in [-0.4, -0.2) is 39.8 Å². The quantitative estimate of drug-likeness (QED) is 0.210. The van der Waals surface area contributed by atoms with Gasteiger partial charge in [0.2, 0.25) is 0 Å². The standard InChI is InChI=1S/C29H25FN2O4/c1-2-36-20-13-11-18(12-14-20)27(33)25-26(22-8-3-5-9-23(22)30)32(29(35)28(25)34)16-15-19-17-31-24-10-6-4-7-21(19)24/h3-14,17,26,31,33H,2,15-16H2,1H3. The number of rotatable bonds is 7. The third kappa shape index (κ3) is 4.13. The van der Waals surface area contributed by atoms with Crippen LogP contribution in [0.2, 0.25) is 0 Å². The van der Waals surface area contributed by atoms with E-state index >= 15 is 0 Å². The largest absolute Gasteiger partial charge is 0.507 e. The summed E-state index contributed by atoms with van der Waals surface area (Å²) in [6, 6.07) is 19.3. The summed E-state index contributed by atoms with van der Waals surface area (Å²) in [4.78, 5) is 31.0. The van der Waals surface area contributed by atoms with Gasteiger partial charge in [-0.2, -0.15) is 0 Å². The van der Waals surface area contributed by atoms with E-state index in [1.165, 1.54) is 17.0 Å². The summed E-state index contributed by atoms with van der Waals surface area (Å²) in [5.74, 6) is -1.90. The van der Waals surface area contributed by atoms with Crippen molar-refractivity contribution in [2.75, 3.05) is 13.2 Å². The molecular formula is C29H25FN2O4. The first-order chi connectivity index (χ1) is 17.5. The lowest BCUT2D eigenvalue weighted by Gasteiger charge is -2.25. The summed E-state index contributed by atoms with van der Waals surface area (Å²) in [5.41, 5.74) is 2.31. The molecule has 0 radical (unpaired) electrons. The summed E-state index contributed by atoms with van der Waals surface area (Å²) in [6.45, 7) is 2.52. The molecule has 3 aromatic carbocycles. The highest BCUT2D eigenvalue weighted by Crippen LogP contribution is 2.40. The van der Waals surface area contributed by atoms with Gasteiger partial charge in [-0.25, -0.2) is 4.39 Å². The lowest BCUT2D eigenvalue weighted by Crippen LogP contribution is -2.32. The molecule has 1 aliphatic rings. The molecule has 4 aromatic rings. The fraction of sp³-hybridized carbons (Fsp3) is 0.172. The number of para-hydroxylation sites is 1. The van der Waals surface area contributed by atoms with E-state index < -0.39 is 23.5 Å². The third-order valence-electron chi connectivity index (χ3n) is 6.48. The van der Waals surface area contributed by atoms with Gasteiger partial charge < -0.3 is 19.7 Å². The van der Waals surface area contributed by atoms with Crippen LogP contribution in [0, 0.1) is 5.82 Å². The number of carbonyl (C=O) groups is 2. The third-order valence-corrected chi connectivity index (χ3v) is 6.48. The number of benzene rings is 3. The molecule has 2 N–H and O–H groups in total. The van der Waals surface area contributed by atoms with Crippen LogP contribution in [0.1, 0.15) is 29.7 Å². The van der Waals surface area contributed by atoms with Crippen LogP contribution in [0.4, 0.5) is 4.39 Å². The Morgan fingerprint density at radius 1 is 1.03 bits per heavy atom. The highest BCUT2D eigenvalue weighted by Gasteiger charge is 2.46. The number of likely N-dealkylation sites (tertiary alicyclic amines) is 1. The van der Waals surface area contributed by atoms with E-state index in [1.54, 1.807) is 36.4 Å². The van der Waals surface area contributed by atoms with Gasteiger partial charge in [0.1, 0.15) is 17.3 Å². The molecule has 5 rings (SSSR count). The fourth-order valence-electron chi connectivity index (χ4n) is 4.74. The summed E-state index contributed by atoms with van der Waals surface area (Å²) < 4.78 is 20.4. The van der Waals surface area contributed by atoms with Crippen LogP contribution in [0.3, 0.4) is 0 Å². The number of amides is 1. The van der Waals surface area contributed by atoms with Gasteiger partial charge in [0.05, 0.1) is 18.2 Å². The maximum Gasteiger partial charge on any atom is 0.295 e. The number of nitrogens with one attached hydrogen (secondary N) is 1. The monoisotopic (exact) mass is 484 g/mol. The van der Waals surface area contributed by atoms with Crippen molar-refractivity contribution >= 4 is 28.4 Å². The van der Waals surface area contributed by atoms with E-state index in [2.05, 4.69) is 4.98 Å². The van der Waals surface area contributed by atoms with Crippen molar-refractivity contribution in [3.63, 3.8) is 0 Å². The number of aromatic nitrogens is 1. The second kappa shape index (κ2) is 9.70. The van der Waals surface area contributed by atoms with Crippen LogP contribution in [0.5, 0.6) is 5.75 Å². The highest BCUT2D eigenvalue weighted by atomic mass is 19.1. The van der Waals surface area contributed by atoms with Crippen molar-refractivity contribution in [1.29, 1.82) is 0 Å². The first kappa shape index (κ1) is 23.4. The Kier molecular flexibility index (Phi) is 6.29. The number of hydrogen-bond donors (Lipinski definition) is 2. The molecule has 1 amide bonds. The van der Waals surface area contributed by atoms with Gasteiger partial charge in [-0.15, -0.1) is 0 Å². The summed E-state index contributed by atoms with van der Waals surface area (Å²) in [5, 5.41) is 12.2. The molecule has 7 heteroatoms. The number of aliphatic hydroxyl groups excluding tert-OH is 1. The Hall–Kier alpha value is -4.39. The second-order valence-corrected chi connectivity index (χ2v) is 8.58. The molecule has 1 saturated heterocycles. The van der Waals surface area contributed by atoms with Gasteiger partial charge >= 0.3 is 0 Å². The van der Waals surface area contributed by atoms with Crippen molar-refractivity contribution in [3.8, 4) is 5.75 Å². The molecule has 0 saturated carbocycles. The number of aliphatic hydroxyl groups is 1. The van der Waals surface area contributed by atoms with E-state index in [0.29, 0.717) is 24.3 Å². The number of ketones is 1. The van der Waals surface area contributed by atoms with Crippen LogP contribution in [-0.2, 0) is 16.0 Å². The highest BCUT2D eigenvalue weighted by molar-refractivity contribution is 6.46. The predicted octanol–water partition coefficient (Wildman–Crippen LogP) is 5.37. The van der Waals surface area contributed by atoms with Crippen molar-refractivity contribution in [2.45, 2.75) is 19.4 Å². The Morgan fingerprint density at radius 3 is 2.50 bits per heavy atom. The Labute approximate surface area is 207 Å². The number of halogens is 1. The van der Waals surface area contributed by atoms with Crippen LogP contribution in [0.15, 0.2) is 84.6 Å². The maximum absolute atomic E-state index is 15.0. The maximum atomic E-state index is 15.0. The van der Waals surface area contributed by atoms with Crippen LogP contribution >= 0.6 is 0 Å². The minimum atomic E-state index is -1.05. The first-order valence-corrected chi connectivity index (χ1v) is 11.8. The molecule has 2 heterocycles. The van der Waals surface area contributed by atoms with E-state index in [0.717, 1.165) is 16.5 Å². The van der Waals surface area contributed by atoms with Crippen LogP contribution in [0.25, 0.3) is 16.7 Å². The van der Waals surface area contributed by atoms with E-state index in [9.17, 15) is 19.1 Å². The molecule has 1 aliphatic heterocycles. The van der Waals surface area contributed by atoms with Crippen molar-refractivity contribution in [2.24, 2.45) is 0 Å². The Morgan fingerprint density at radius 2 is 1.75 bits per heavy atom. The first-order valence-electron chi connectivity index (χ1n) is 11.8. The molecule has 0 aliphatic carbocycles. The number of aromatic amines is 1. The number of hydrogen-bond acceptors (Lipinski definition) is 4. The SMILES string of the molecule is CCOc1ccc(C(O)=C2C(=O)C(=O)N(CCc3c[nH]c4ccccc34)C2c2ccccc2F)cc1.